The van der Waals surface area contributed by atoms with Crippen LogP contribution in [0, 0.1) is 5.92 Å². The molecule has 22 heavy (non-hydrogen) atoms. The zero-order valence-electron chi connectivity index (χ0n) is 13.0. The minimum atomic E-state index is -0.199. The Morgan fingerprint density at radius 3 is 3.00 bits per heavy atom. The van der Waals surface area contributed by atoms with Crippen LogP contribution in [0.4, 0.5) is 0 Å². The number of halogens is 1. The molecule has 122 valence electrons. The van der Waals surface area contributed by atoms with E-state index in [-0.39, 0.29) is 12.1 Å². The summed E-state index contributed by atoms with van der Waals surface area (Å²) < 4.78 is 11.0. The monoisotopic (exact) mass is 325 g/mol. The smallest absolute Gasteiger partial charge is 0.119 e. The van der Waals surface area contributed by atoms with Crippen LogP contribution in [0.25, 0.3) is 0 Å². The zero-order chi connectivity index (χ0) is 15.5. The van der Waals surface area contributed by atoms with E-state index in [1.807, 2.05) is 18.2 Å². The highest BCUT2D eigenvalue weighted by Gasteiger charge is 2.37. The predicted molar refractivity (Wildman–Crippen MR) is 86.4 cm³/mol. The Bertz CT molecular complexity index is 511. The Morgan fingerprint density at radius 1 is 1.41 bits per heavy atom. The molecule has 0 amide bonds. The lowest BCUT2D eigenvalue weighted by molar-refractivity contribution is -0.0536. The summed E-state index contributed by atoms with van der Waals surface area (Å²) in [7, 11) is 1.67. The molecule has 3 atom stereocenters. The van der Waals surface area contributed by atoms with Crippen LogP contribution in [0.5, 0.6) is 5.75 Å². The van der Waals surface area contributed by atoms with E-state index in [1.165, 1.54) is 0 Å². The molecule has 3 rings (SSSR count). The summed E-state index contributed by atoms with van der Waals surface area (Å²) in [6, 6.07) is 6.03. The summed E-state index contributed by atoms with van der Waals surface area (Å²) in [6.45, 7) is 3.08. The van der Waals surface area contributed by atoms with Crippen molar-refractivity contribution in [3.05, 3.63) is 28.8 Å². The van der Waals surface area contributed by atoms with Crippen LogP contribution >= 0.6 is 11.6 Å². The van der Waals surface area contributed by atoms with E-state index in [9.17, 15) is 5.11 Å². The summed E-state index contributed by atoms with van der Waals surface area (Å²) in [4.78, 5) is 2.41. The molecule has 0 radical (unpaired) electrons. The van der Waals surface area contributed by atoms with Gasteiger partial charge >= 0.3 is 0 Å². The van der Waals surface area contributed by atoms with Gasteiger partial charge in [0.15, 0.2) is 0 Å². The van der Waals surface area contributed by atoms with Gasteiger partial charge < -0.3 is 14.6 Å². The first-order valence-electron chi connectivity index (χ1n) is 8.01. The molecule has 1 aromatic carbocycles. The lowest BCUT2D eigenvalue weighted by Gasteiger charge is -2.40. The number of rotatable bonds is 4. The Balaban J connectivity index is 1.76. The zero-order valence-corrected chi connectivity index (χ0v) is 13.8. The van der Waals surface area contributed by atoms with Crippen molar-refractivity contribution in [2.45, 2.75) is 38.0 Å². The van der Waals surface area contributed by atoms with Gasteiger partial charge in [-0.3, -0.25) is 4.90 Å². The Labute approximate surface area is 137 Å². The van der Waals surface area contributed by atoms with Crippen LogP contribution in [0.2, 0.25) is 5.02 Å². The van der Waals surface area contributed by atoms with Crippen molar-refractivity contribution in [1.29, 1.82) is 0 Å². The number of benzene rings is 1. The number of hydrogen-bond donors (Lipinski definition) is 1. The van der Waals surface area contributed by atoms with Gasteiger partial charge in [0.2, 0.25) is 0 Å². The van der Waals surface area contributed by atoms with Crippen LogP contribution < -0.4 is 4.74 Å². The molecule has 0 aromatic heterocycles. The fourth-order valence-corrected chi connectivity index (χ4v) is 3.86. The quantitative estimate of drug-likeness (QED) is 0.924. The third-order valence-electron chi connectivity index (χ3n) is 4.93. The minimum absolute atomic E-state index is 0.199. The first-order valence-corrected chi connectivity index (χ1v) is 8.39. The SMILES string of the molecule is COc1ccc(Cl)c(CN2CCOC[C@@H]2[C@H]2CCC[C@@H]2O)c1. The number of ether oxygens (including phenoxy) is 2. The number of hydrogen-bond acceptors (Lipinski definition) is 4. The average Bonchev–Trinajstić information content (AvgIpc) is 2.96. The Hall–Kier alpha value is -0.810. The molecule has 0 unspecified atom stereocenters. The van der Waals surface area contributed by atoms with Crippen molar-refractivity contribution in [1.82, 2.24) is 4.90 Å². The second kappa shape index (κ2) is 7.18. The lowest BCUT2D eigenvalue weighted by Crippen LogP contribution is -2.50. The molecule has 1 heterocycles. The van der Waals surface area contributed by atoms with Gasteiger partial charge in [0.05, 0.1) is 26.4 Å². The molecule has 1 aliphatic carbocycles. The molecule has 5 heteroatoms. The van der Waals surface area contributed by atoms with Crippen molar-refractivity contribution in [2.24, 2.45) is 5.92 Å². The van der Waals surface area contributed by atoms with E-state index >= 15 is 0 Å². The van der Waals surface area contributed by atoms with Crippen molar-refractivity contribution >= 4 is 11.6 Å². The van der Waals surface area contributed by atoms with Gasteiger partial charge in [0.25, 0.3) is 0 Å². The number of aliphatic hydroxyl groups is 1. The highest BCUT2D eigenvalue weighted by molar-refractivity contribution is 6.31. The van der Waals surface area contributed by atoms with Crippen molar-refractivity contribution in [3.8, 4) is 5.75 Å². The third-order valence-corrected chi connectivity index (χ3v) is 5.30. The standard InChI is InChI=1S/C17H24ClNO3/c1-21-13-5-6-15(18)12(9-13)10-19-7-8-22-11-16(19)14-3-2-4-17(14)20/h5-6,9,14,16-17,20H,2-4,7-8,10-11H2,1H3/t14-,16-,17+/m1/s1. The van der Waals surface area contributed by atoms with Gasteiger partial charge in [0, 0.05) is 30.1 Å². The first-order chi connectivity index (χ1) is 10.7. The van der Waals surface area contributed by atoms with Crippen molar-refractivity contribution < 1.29 is 14.6 Å². The van der Waals surface area contributed by atoms with E-state index in [1.54, 1.807) is 7.11 Å². The van der Waals surface area contributed by atoms with E-state index in [0.717, 1.165) is 55.3 Å². The first kappa shape index (κ1) is 16.1. The Kier molecular flexibility index (Phi) is 5.24. The summed E-state index contributed by atoms with van der Waals surface area (Å²) in [6.07, 6.45) is 2.90. The van der Waals surface area contributed by atoms with Crippen LogP contribution in [0.3, 0.4) is 0 Å². The molecule has 1 aromatic rings. The second-order valence-electron chi connectivity index (χ2n) is 6.23. The number of morpholine rings is 1. The van der Waals surface area contributed by atoms with Gasteiger partial charge in [-0.25, -0.2) is 0 Å². The highest BCUT2D eigenvalue weighted by atomic mass is 35.5. The number of nitrogens with zero attached hydrogens (tertiary/aromatic N) is 1. The third kappa shape index (κ3) is 3.40. The van der Waals surface area contributed by atoms with Gasteiger partial charge in [-0.1, -0.05) is 18.0 Å². The molecule has 2 fully saturated rings. The number of aliphatic hydroxyl groups excluding tert-OH is 1. The molecule has 4 nitrogen and oxygen atoms in total. The largest absolute Gasteiger partial charge is 0.497 e. The average molecular weight is 326 g/mol. The lowest BCUT2D eigenvalue weighted by atomic mass is 9.94. The van der Waals surface area contributed by atoms with Crippen molar-refractivity contribution in [2.75, 3.05) is 26.9 Å². The van der Waals surface area contributed by atoms with Crippen LogP contribution in [-0.4, -0.2) is 49.0 Å². The number of methoxy groups -OCH3 is 1. The van der Waals surface area contributed by atoms with Gasteiger partial charge in [-0.15, -0.1) is 0 Å². The maximum absolute atomic E-state index is 10.2. The second-order valence-corrected chi connectivity index (χ2v) is 6.64. The van der Waals surface area contributed by atoms with E-state index in [4.69, 9.17) is 21.1 Å². The molecule has 1 saturated carbocycles. The molecule has 0 bridgehead atoms. The van der Waals surface area contributed by atoms with Gasteiger partial charge in [-0.05, 0) is 36.6 Å². The maximum atomic E-state index is 10.2. The van der Waals surface area contributed by atoms with Crippen LogP contribution in [0.15, 0.2) is 18.2 Å². The highest BCUT2D eigenvalue weighted by Crippen LogP contribution is 2.33. The van der Waals surface area contributed by atoms with Crippen molar-refractivity contribution in [3.63, 3.8) is 0 Å². The molecule has 1 saturated heterocycles. The molecule has 2 aliphatic rings. The maximum Gasteiger partial charge on any atom is 0.119 e. The van der Waals surface area contributed by atoms with Crippen LogP contribution in [0.1, 0.15) is 24.8 Å². The molecular weight excluding hydrogens is 302 g/mol. The normalized spacial score (nSPS) is 29.7. The Morgan fingerprint density at radius 2 is 2.27 bits per heavy atom. The fraction of sp³-hybridized carbons (Fsp3) is 0.647. The summed E-state index contributed by atoms with van der Waals surface area (Å²) >= 11 is 6.35. The van der Waals surface area contributed by atoms with E-state index in [0.29, 0.717) is 12.5 Å². The van der Waals surface area contributed by atoms with E-state index in [2.05, 4.69) is 4.90 Å². The summed E-state index contributed by atoms with van der Waals surface area (Å²) in [5.41, 5.74) is 1.07. The summed E-state index contributed by atoms with van der Waals surface area (Å²) in [5, 5.41) is 11.0. The minimum Gasteiger partial charge on any atom is -0.497 e. The molecule has 0 spiro atoms. The molecule has 1 aliphatic heterocycles. The molecule has 1 N–H and O–H groups in total. The predicted octanol–water partition coefficient (Wildman–Crippen LogP) is 2.71. The van der Waals surface area contributed by atoms with Crippen LogP contribution in [-0.2, 0) is 11.3 Å². The summed E-state index contributed by atoms with van der Waals surface area (Å²) in [5.74, 6) is 1.13. The van der Waals surface area contributed by atoms with Gasteiger partial charge in [0.1, 0.15) is 5.75 Å². The van der Waals surface area contributed by atoms with E-state index < -0.39 is 0 Å². The topological polar surface area (TPSA) is 41.9 Å². The fourth-order valence-electron chi connectivity index (χ4n) is 3.68. The van der Waals surface area contributed by atoms with Gasteiger partial charge in [-0.2, -0.15) is 0 Å². The molecular formula is C17H24ClNO3.